The lowest BCUT2D eigenvalue weighted by Crippen LogP contribution is -1.92. The summed E-state index contributed by atoms with van der Waals surface area (Å²) >= 11 is 0. The minimum absolute atomic E-state index is 0.00371. The number of rotatable bonds is 4. The van der Waals surface area contributed by atoms with Crippen LogP contribution in [0.2, 0.25) is 0 Å². The summed E-state index contributed by atoms with van der Waals surface area (Å²) in [5.41, 5.74) is 3.65. The van der Waals surface area contributed by atoms with Crippen LogP contribution in [0.4, 0.5) is 5.69 Å². The molecule has 5 nitrogen and oxygen atoms in total. The second kappa shape index (κ2) is 5.43. The second-order valence-corrected chi connectivity index (χ2v) is 2.37. The van der Waals surface area contributed by atoms with Gasteiger partial charge in [-0.05, 0) is 12.1 Å². The van der Waals surface area contributed by atoms with Crippen LogP contribution in [0, 0.1) is 11.3 Å². The molecule has 0 radical (unpaired) electrons. The first-order chi connectivity index (χ1) is 6.88. The number of benzene rings is 1. The van der Waals surface area contributed by atoms with Crippen molar-refractivity contribution >= 4 is 12.0 Å². The summed E-state index contributed by atoms with van der Waals surface area (Å²) in [5, 5.41) is 15.2. The summed E-state index contributed by atoms with van der Waals surface area (Å²) in [4.78, 5) is 10.6. The SMILES string of the molecule is N#CCN=NNc1ccccc1C=O. The van der Waals surface area contributed by atoms with E-state index in [1.54, 1.807) is 24.3 Å². The molecular formula is C9H8N4O. The van der Waals surface area contributed by atoms with E-state index in [-0.39, 0.29) is 6.54 Å². The minimum Gasteiger partial charge on any atom is -0.298 e. The molecule has 0 bridgehead atoms. The maximum absolute atomic E-state index is 10.6. The molecule has 14 heavy (non-hydrogen) atoms. The molecule has 0 aliphatic rings. The van der Waals surface area contributed by atoms with Gasteiger partial charge in [-0.1, -0.05) is 17.4 Å². The largest absolute Gasteiger partial charge is 0.298 e. The number of anilines is 1. The first kappa shape index (κ1) is 9.86. The van der Waals surface area contributed by atoms with Gasteiger partial charge in [-0.2, -0.15) is 10.4 Å². The summed E-state index contributed by atoms with van der Waals surface area (Å²) in [6.07, 6.45) is 0.724. The van der Waals surface area contributed by atoms with E-state index in [2.05, 4.69) is 15.8 Å². The van der Waals surface area contributed by atoms with Gasteiger partial charge in [0.2, 0.25) is 0 Å². The smallest absolute Gasteiger partial charge is 0.152 e. The predicted molar refractivity (Wildman–Crippen MR) is 50.8 cm³/mol. The summed E-state index contributed by atoms with van der Waals surface area (Å²) in [6, 6.07) is 8.70. The van der Waals surface area contributed by atoms with Crippen LogP contribution >= 0.6 is 0 Å². The first-order valence-electron chi connectivity index (χ1n) is 3.92. The molecule has 0 aliphatic carbocycles. The fourth-order valence-electron chi connectivity index (χ4n) is 0.858. The minimum atomic E-state index is -0.00371. The first-order valence-corrected chi connectivity index (χ1v) is 3.92. The van der Waals surface area contributed by atoms with Crippen molar-refractivity contribution in [3.63, 3.8) is 0 Å². The Bertz CT molecular complexity index is 381. The van der Waals surface area contributed by atoms with Crippen LogP contribution in [-0.4, -0.2) is 12.8 Å². The van der Waals surface area contributed by atoms with Crippen molar-refractivity contribution in [3.05, 3.63) is 29.8 Å². The molecule has 0 unspecified atom stereocenters. The lowest BCUT2D eigenvalue weighted by molar-refractivity contribution is 0.112. The monoisotopic (exact) mass is 188 g/mol. The van der Waals surface area contributed by atoms with Gasteiger partial charge in [-0.25, -0.2) is 0 Å². The summed E-state index contributed by atoms with van der Waals surface area (Å²) in [7, 11) is 0. The molecule has 70 valence electrons. The molecule has 1 rings (SSSR count). The molecule has 0 heterocycles. The standard InChI is InChI=1S/C9H8N4O/c10-5-6-11-13-12-9-4-2-1-3-8(9)7-14/h1-4,7H,6H2,(H,11,12). The second-order valence-electron chi connectivity index (χ2n) is 2.37. The number of nitrogens with one attached hydrogen (secondary N) is 1. The molecule has 0 fully saturated rings. The summed E-state index contributed by atoms with van der Waals surface area (Å²) in [5.74, 6) is 0. The topological polar surface area (TPSA) is 77.6 Å². The van der Waals surface area contributed by atoms with Gasteiger partial charge in [0.15, 0.2) is 6.29 Å². The lowest BCUT2D eigenvalue weighted by Gasteiger charge is -2.00. The number of aldehydes is 1. The average molecular weight is 188 g/mol. The van der Waals surface area contributed by atoms with Crippen LogP contribution in [0.5, 0.6) is 0 Å². The Morgan fingerprint density at radius 3 is 3.00 bits per heavy atom. The van der Waals surface area contributed by atoms with Crippen molar-refractivity contribution in [2.24, 2.45) is 10.3 Å². The van der Waals surface area contributed by atoms with E-state index in [4.69, 9.17) is 5.26 Å². The fraction of sp³-hybridized carbons (Fsp3) is 0.111. The molecule has 0 saturated carbocycles. The maximum atomic E-state index is 10.6. The van der Waals surface area contributed by atoms with Crippen LogP contribution in [0.1, 0.15) is 10.4 Å². The Morgan fingerprint density at radius 2 is 2.29 bits per heavy atom. The molecule has 1 N–H and O–H groups in total. The third kappa shape index (κ3) is 2.68. The van der Waals surface area contributed by atoms with Crippen LogP contribution in [0.3, 0.4) is 0 Å². The molecule has 1 aromatic rings. The average Bonchev–Trinajstić information content (AvgIpc) is 2.25. The predicted octanol–water partition coefficient (Wildman–Crippen LogP) is 1.80. The summed E-state index contributed by atoms with van der Waals surface area (Å²) in [6.45, 7) is -0.00371. The van der Waals surface area contributed by atoms with Crippen molar-refractivity contribution < 1.29 is 4.79 Å². The van der Waals surface area contributed by atoms with E-state index in [0.29, 0.717) is 11.3 Å². The Labute approximate surface area is 81.0 Å². The highest BCUT2D eigenvalue weighted by Gasteiger charge is 1.96. The van der Waals surface area contributed by atoms with Gasteiger partial charge in [0, 0.05) is 5.56 Å². The molecule has 0 aromatic heterocycles. The van der Waals surface area contributed by atoms with Crippen molar-refractivity contribution in [1.82, 2.24) is 0 Å². The molecule has 0 saturated heterocycles. The Balaban J connectivity index is 2.67. The molecule has 0 atom stereocenters. The van der Waals surface area contributed by atoms with Crippen LogP contribution in [0.15, 0.2) is 34.6 Å². The van der Waals surface area contributed by atoms with Gasteiger partial charge in [-0.15, -0.1) is 0 Å². The molecule has 0 aliphatic heterocycles. The van der Waals surface area contributed by atoms with Crippen LogP contribution in [0.25, 0.3) is 0 Å². The highest BCUT2D eigenvalue weighted by Crippen LogP contribution is 2.11. The summed E-state index contributed by atoms with van der Waals surface area (Å²) < 4.78 is 0. The number of hydrogen-bond donors (Lipinski definition) is 1. The zero-order valence-electron chi connectivity index (χ0n) is 7.34. The van der Waals surface area contributed by atoms with Gasteiger partial charge in [0.05, 0.1) is 11.8 Å². The highest BCUT2D eigenvalue weighted by molar-refractivity contribution is 5.83. The van der Waals surface area contributed by atoms with E-state index in [1.807, 2.05) is 6.07 Å². The zero-order chi connectivity index (χ0) is 10.2. The van der Waals surface area contributed by atoms with E-state index >= 15 is 0 Å². The van der Waals surface area contributed by atoms with E-state index in [9.17, 15) is 4.79 Å². The Morgan fingerprint density at radius 1 is 1.50 bits per heavy atom. The highest BCUT2D eigenvalue weighted by atomic mass is 16.1. The molecular weight excluding hydrogens is 180 g/mol. The van der Waals surface area contributed by atoms with Gasteiger partial charge in [0.25, 0.3) is 0 Å². The number of para-hydroxylation sites is 1. The normalized spacial score (nSPS) is 9.64. The van der Waals surface area contributed by atoms with E-state index in [0.717, 1.165) is 6.29 Å². The number of hydrogen-bond acceptors (Lipinski definition) is 4. The molecule has 5 heteroatoms. The molecule has 0 spiro atoms. The lowest BCUT2D eigenvalue weighted by atomic mass is 10.2. The third-order valence-electron chi connectivity index (χ3n) is 1.47. The van der Waals surface area contributed by atoms with E-state index in [1.165, 1.54) is 0 Å². The van der Waals surface area contributed by atoms with Gasteiger partial charge in [0.1, 0.15) is 6.54 Å². The van der Waals surface area contributed by atoms with E-state index < -0.39 is 0 Å². The molecule has 0 amide bonds. The third-order valence-corrected chi connectivity index (χ3v) is 1.47. The van der Waals surface area contributed by atoms with Crippen molar-refractivity contribution in [3.8, 4) is 6.07 Å². The van der Waals surface area contributed by atoms with Gasteiger partial charge in [-0.3, -0.25) is 10.2 Å². The van der Waals surface area contributed by atoms with Crippen molar-refractivity contribution in [1.29, 1.82) is 5.26 Å². The zero-order valence-corrected chi connectivity index (χ0v) is 7.34. The van der Waals surface area contributed by atoms with Crippen LogP contribution in [-0.2, 0) is 0 Å². The number of carbonyl (C=O) groups is 1. The van der Waals surface area contributed by atoms with Gasteiger partial charge >= 0.3 is 0 Å². The Hall–Kier alpha value is -2.22. The quantitative estimate of drug-likeness (QED) is 0.338. The Kier molecular flexibility index (Phi) is 3.83. The number of carbonyl (C=O) groups excluding carboxylic acids is 1. The number of nitriles is 1. The van der Waals surface area contributed by atoms with Gasteiger partial charge < -0.3 is 0 Å². The molecule has 1 aromatic carbocycles. The van der Waals surface area contributed by atoms with Crippen molar-refractivity contribution in [2.75, 3.05) is 12.0 Å². The van der Waals surface area contributed by atoms with Crippen LogP contribution < -0.4 is 5.43 Å². The fourth-order valence-corrected chi connectivity index (χ4v) is 0.858. The maximum Gasteiger partial charge on any atom is 0.152 e. The van der Waals surface area contributed by atoms with Crippen molar-refractivity contribution in [2.45, 2.75) is 0 Å². The number of nitrogens with zero attached hydrogens (tertiary/aromatic N) is 3.